The van der Waals surface area contributed by atoms with Gasteiger partial charge in [-0.1, -0.05) is 61.5 Å². The Morgan fingerprint density at radius 3 is 1.56 bits per heavy atom. The molecule has 11 rings (SSSR count). The summed E-state index contributed by atoms with van der Waals surface area (Å²) in [7, 11) is 3.23. The lowest BCUT2D eigenvalue weighted by atomic mass is 9.78. The molecule has 2 aliphatic carbocycles. The average molecular weight is 839 g/mol. The lowest BCUT2D eigenvalue weighted by Gasteiger charge is -2.51. The quantitative estimate of drug-likeness (QED) is 0.172. The second-order valence-electron chi connectivity index (χ2n) is 17.4. The standard InChI is InChI=1S/C27H25NO5.C22H21NO5.CH4/c1-13-5-7-16-15(11-13)6-8-17-21(16)24(29)18-9-10-19-23(22(18)25(17)30)28-27(3)12-20(31-4)32-14(2)26(27)33-19;1-11-21-22(2,10-16(26-3)27-11)23-18-15(28-21)9-8-14-17(18)20(25)13-7-5-4-6-12(13)19(14)24;/h5-11,14,20,26,28H,12H2,1-4H3;4-9,11,16,21,23H,10H2,1-3H3;1H4/t14-,20-,26-,27+;11-,16-,21-,22+;/m00./s1. The minimum absolute atomic E-state index is 0. The van der Waals surface area contributed by atoms with Crippen LogP contribution in [0.1, 0.15) is 117 Å². The van der Waals surface area contributed by atoms with Crippen molar-refractivity contribution >= 4 is 45.3 Å². The summed E-state index contributed by atoms with van der Waals surface area (Å²) in [6, 6.07) is 23.5. The number of aryl methyl sites for hydroxylation is 1. The van der Waals surface area contributed by atoms with Gasteiger partial charge >= 0.3 is 0 Å². The Morgan fingerprint density at radius 1 is 0.581 bits per heavy atom. The molecule has 5 aromatic carbocycles. The van der Waals surface area contributed by atoms with Crippen molar-refractivity contribution in [3.63, 3.8) is 0 Å². The van der Waals surface area contributed by atoms with Gasteiger partial charge in [0.25, 0.3) is 0 Å². The average Bonchev–Trinajstić information content (AvgIpc) is 3.25. The molecule has 2 N–H and O–H groups in total. The molecule has 0 spiro atoms. The van der Waals surface area contributed by atoms with Gasteiger partial charge < -0.3 is 39.1 Å². The Balaban J connectivity index is 0.000000158. The summed E-state index contributed by atoms with van der Waals surface area (Å²) >= 11 is 0. The third-order valence-corrected chi connectivity index (χ3v) is 13.2. The first-order valence-electron chi connectivity index (χ1n) is 20.6. The summed E-state index contributed by atoms with van der Waals surface area (Å²) < 4.78 is 35.3. The number of hydrogen-bond acceptors (Lipinski definition) is 12. The Bertz CT molecular complexity index is 2750. The summed E-state index contributed by atoms with van der Waals surface area (Å²) in [5, 5.41) is 8.85. The first-order chi connectivity index (χ1) is 29.2. The normalized spacial score (nSPS) is 28.4. The van der Waals surface area contributed by atoms with Gasteiger partial charge in [-0.3, -0.25) is 19.2 Å². The molecule has 6 aliphatic rings. The number of hydrogen-bond donors (Lipinski definition) is 2. The highest BCUT2D eigenvalue weighted by atomic mass is 16.7. The van der Waals surface area contributed by atoms with Crippen LogP contribution in [0.25, 0.3) is 10.8 Å². The van der Waals surface area contributed by atoms with Gasteiger partial charge in [-0.15, -0.1) is 0 Å². The largest absolute Gasteiger partial charge is 0.483 e. The predicted octanol–water partition coefficient (Wildman–Crippen LogP) is 8.45. The van der Waals surface area contributed by atoms with Gasteiger partial charge in [0.1, 0.15) is 23.7 Å². The molecule has 12 nitrogen and oxygen atoms in total. The fraction of sp³-hybridized carbons (Fsp3) is 0.360. The Labute approximate surface area is 360 Å². The van der Waals surface area contributed by atoms with Crippen LogP contribution in [-0.4, -0.2) is 85.4 Å². The number of nitrogens with one attached hydrogen (secondary N) is 2. The van der Waals surface area contributed by atoms with Gasteiger partial charge in [0.15, 0.2) is 35.7 Å². The molecule has 0 saturated carbocycles. The van der Waals surface area contributed by atoms with Crippen molar-refractivity contribution in [3.05, 3.63) is 129 Å². The summed E-state index contributed by atoms with van der Waals surface area (Å²) in [4.78, 5) is 53.7. The number of fused-ring (bicyclic) bond motifs is 12. The van der Waals surface area contributed by atoms with Crippen LogP contribution in [-0.2, 0) is 18.9 Å². The number of anilines is 2. The molecule has 8 atom stereocenters. The zero-order chi connectivity index (χ0) is 42.7. The molecule has 0 radical (unpaired) electrons. The number of benzene rings is 5. The van der Waals surface area contributed by atoms with Crippen LogP contribution in [0, 0.1) is 6.92 Å². The van der Waals surface area contributed by atoms with E-state index in [0.717, 1.165) is 16.3 Å². The van der Waals surface area contributed by atoms with E-state index in [9.17, 15) is 19.2 Å². The zero-order valence-electron chi connectivity index (χ0n) is 35.0. The second-order valence-corrected chi connectivity index (χ2v) is 17.4. The van der Waals surface area contributed by atoms with Gasteiger partial charge in [0.05, 0.1) is 45.8 Å². The van der Waals surface area contributed by atoms with E-state index in [1.165, 1.54) is 0 Å². The molecule has 0 aromatic heterocycles. The Morgan fingerprint density at radius 2 is 1.03 bits per heavy atom. The first-order valence-corrected chi connectivity index (χ1v) is 20.6. The molecule has 2 fully saturated rings. The van der Waals surface area contributed by atoms with Crippen molar-refractivity contribution in [2.75, 3.05) is 24.9 Å². The number of methoxy groups -OCH3 is 2. The van der Waals surface area contributed by atoms with E-state index in [-0.39, 0.29) is 67.6 Å². The van der Waals surface area contributed by atoms with Crippen LogP contribution < -0.4 is 20.1 Å². The topological polar surface area (TPSA) is 148 Å². The molecule has 320 valence electrons. The van der Waals surface area contributed by atoms with Crippen LogP contribution in [0.2, 0.25) is 0 Å². The third-order valence-electron chi connectivity index (χ3n) is 13.2. The number of carbonyl (C=O) groups excluding carboxylic acids is 4. The molecule has 4 aliphatic heterocycles. The van der Waals surface area contributed by atoms with E-state index in [1.54, 1.807) is 68.8 Å². The minimum Gasteiger partial charge on any atom is -0.483 e. The van der Waals surface area contributed by atoms with Crippen molar-refractivity contribution in [1.82, 2.24) is 0 Å². The Hall–Kier alpha value is -5.92. The molecule has 0 bridgehead atoms. The Kier molecular flexibility index (Phi) is 9.94. The summed E-state index contributed by atoms with van der Waals surface area (Å²) in [6.45, 7) is 10.00. The number of ketones is 4. The van der Waals surface area contributed by atoms with Crippen LogP contribution in [0.4, 0.5) is 11.4 Å². The highest BCUT2D eigenvalue weighted by molar-refractivity contribution is 6.34. The molecular weight excluding hydrogens is 789 g/mol. The first kappa shape index (κ1) is 41.4. The van der Waals surface area contributed by atoms with Crippen molar-refractivity contribution in [1.29, 1.82) is 0 Å². The second kappa shape index (κ2) is 14.9. The predicted molar refractivity (Wildman–Crippen MR) is 233 cm³/mol. The monoisotopic (exact) mass is 838 g/mol. The van der Waals surface area contributed by atoms with E-state index in [0.29, 0.717) is 80.2 Å². The fourth-order valence-corrected chi connectivity index (χ4v) is 10.3. The van der Waals surface area contributed by atoms with E-state index >= 15 is 0 Å². The van der Waals surface area contributed by atoms with E-state index in [2.05, 4.69) is 10.6 Å². The summed E-state index contributed by atoms with van der Waals surface area (Å²) in [5.74, 6) is 0.513. The van der Waals surface area contributed by atoms with Crippen LogP contribution >= 0.6 is 0 Å². The number of rotatable bonds is 2. The van der Waals surface area contributed by atoms with Crippen LogP contribution in [0.15, 0.2) is 78.9 Å². The van der Waals surface area contributed by atoms with E-state index < -0.39 is 11.1 Å². The van der Waals surface area contributed by atoms with Gasteiger partial charge in [0.2, 0.25) is 0 Å². The highest BCUT2D eigenvalue weighted by Crippen LogP contribution is 2.49. The molecular formula is C50H50N2O10. The fourth-order valence-electron chi connectivity index (χ4n) is 10.3. The molecule has 62 heavy (non-hydrogen) atoms. The minimum atomic E-state index is -0.523. The molecule has 4 heterocycles. The maximum absolute atomic E-state index is 13.8. The lowest BCUT2D eigenvalue weighted by Crippen LogP contribution is -2.63. The van der Waals surface area contributed by atoms with Gasteiger partial charge in [-0.2, -0.15) is 0 Å². The molecule has 2 saturated heterocycles. The molecule has 12 heteroatoms. The maximum atomic E-state index is 13.8. The van der Waals surface area contributed by atoms with Gasteiger partial charge in [0, 0.05) is 60.4 Å². The lowest BCUT2D eigenvalue weighted by molar-refractivity contribution is -0.220. The summed E-state index contributed by atoms with van der Waals surface area (Å²) in [5.41, 5.74) is 4.59. The molecule has 0 amide bonds. The van der Waals surface area contributed by atoms with Crippen molar-refractivity contribution in [2.45, 2.75) is 103 Å². The zero-order valence-corrected chi connectivity index (χ0v) is 35.0. The SMILES string of the molecule is C.CO[C@@H]1C[C@@]2(C)Nc3c(ccc4c3C(=O)c3ccc5cc(C)ccc5c3C4=O)O[C@H]2[C@H](C)O1.CO[C@@H]1C[C@@]2(C)Nc3c(ccc4c3C(=O)c3ccccc3C4=O)O[C@H]2[C@H](C)O1. The van der Waals surface area contributed by atoms with Crippen molar-refractivity contribution in [2.24, 2.45) is 0 Å². The van der Waals surface area contributed by atoms with Gasteiger partial charge in [-0.05, 0) is 75.7 Å². The van der Waals surface area contributed by atoms with Crippen molar-refractivity contribution < 1.29 is 47.6 Å². The number of carbonyl (C=O) groups is 4. The third kappa shape index (κ3) is 6.18. The van der Waals surface area contributed by atoms with E-state index in [1.807, 2.05) is 58.9 Å². The highest BCUT2D eigenvalue weighted by Gasteiger charge is 2.53. The van der Waals surface area contributed by atoms with Crippen molar-refractivity contribution in [3.8, 4) is 11.5 Å². The molecule has 5 aromatic rings. The summed E-state index contributed by atoms with van der Waals surface area (Å²) in [6.07, 6.45) is -0.561. The number of ether oxygens (including phenoxy) is 6. The smallest absolute Gasteiger partial charge is 0.196 e. The van der Waals surface area contributed by atoms with E-state index in [4.69, 9.17) is 28.4 Å². The van der Waals surface area contributed by atoms with Crippen LogP contribution in [0.3, 0.4) is 0 Å². The molecule has 0 unspecified atom stereocenters. The maximum Gasteiger partial charge on any atom is 0.196 e. The van der Waals surface area contributed by atoms with Crippen LogP contribution in [0.5, 0.6) is 11.5 Å². The van der Waals surface area contributed by atoms with Gasteiger partial charge in [-0.25, -0.2) is 0 Å².